The maximum atomic E-state index is 12.5. The highest BCUT2D eigenvalue weighted by molar-refractivity contribution is 7.98. The first-order valence-electron chi connectivity index (χ1n) is 7.61. The van der Waals surface area contributed by atoms with Gasteiger partial charge in [0.25, 0.3) is 5.91 Å². The molecule has 0 heterocycles. The van der Waals surface area contributed by atoms with Gasteiger partial charge < -0.3 is 9.64 Å². The van der Waals surface area contributed by atoms with Crippen LogP contribution < -0.4 is 4.74 Å². The fraction of sp³-hybridized carbons (Fsp3) is 0.316. The Kier molecular flexibility index (Phi) is 6.11. The van der Waals surface area contributed by atoms with Crippen molar-refractivity contribution in [2.45, 2.75) is 31.4 Å². The van der Waals surface area contributed by atoms with Crippen LogP contribution in [0.15, 0.2) is 53.4 Å². The van der Waals surface area contributed by atoms with Gasteiger partial charge in [-0.15, -0.1) is 11.8 Å². The Morgan fingerprint density at radius 1 is 1.17 bits per heavy atom. The molecule has 0 spiro atoms. The molecule has 0 fully saturated rings. The molecule has 0 bridgehead atoms. The number of likely N-dealkylation sites (N-methyl/N-ethyl adjacent to an activating group) is 1. The smallest absolute Gasteiger partial charge is 0.263 e. The van der Waals surface area contributed by atoms with Crippen LogP contribution in [-0.4, -0.2) is 30.2 Å². The Hall–Kier alpha value is -1.94. The van der Waals surface area contributed by atoms with Crippen LogP contribution in [0.5, 0.6) is 5.75 Å². The summed E-state index contributed by atoms with van der Waals surface area (Å²) < 4.78 is 5.76. The maximum Gasteiger partial charge on any atom is 0.263 e. The predicted molar refractivity (Wildman–Crippen MR) is 96.0 cm³/mol. The molecule has 23 heavy (non-hydrogen) atoms. The highest BCUT2D eigenvalue weighted by atomic mass is 32.2. The van der Waals surface area contributed by atoms with Gasteiger partial charge in [-0.3, -0.25) is 4.79 Å². The van der Waals surface area contributed by atoms with E-state index in [1.807, 2.05) is 55.8 Å². The van der Waals surface area contributed by atoms with Gasteiger partial charge in [0.1, 0.15) is 5.75 Å². The topological polar surface area (TPSA) is 29.5 Å². The van der Waals surface area contributed by atoms with Crippen molar-refractivity contribution in [3.05, 3.63) is 59.7 Å². The van der Waals surface area contributed by atoms with Gasteiger partial charge in [-0.25, -0.2) is 0 Å². The number of carbonyl (C=O) groups excluding carboxylic acids is 1. The summed E-state index contributed by atoms with van der Waals surface area (Å²) in [4.78, 5) is 15.4. The van der Waals surface area contributed by atoms with Gasteiger partial charge in [0.15, 0.2) is 6.10 Å². The molecule has 2 aromatic rings. The Labute approximate surface area is 142 Å². The van der Waals surface area contributed by atoms with E-state index in [1.165, 1.54) is 10.5 Å². The molecule has 4 heteroatoms. The molecule has 3 nitrogen and oxygen atoms in total. The minimum absolute atomic E-state index is 0.0257. The summed E-state index contributed by atoms with van der Waals surface area (Å²) in [6.07, 6.45) is 1.52. The standard InChI is InChI=1S/C19H23NO2S/c1-14-7-5-6-8-16(14)13-20(3)19(21)15(2)22-17-9-11-18(23-4)12-10-17/h5-12,15H,13H2,1-4H3. The van der Waals surface area contributed by atoms with Crippen molar-refractivity contribution < 1.29 is 9.53 Å². The molecule has 0 saturated carbocycles. The molecule has 2 rings (SSSR count). The number of benzene rings is 2. The first-order chi connectivity index (χ1) is 11.0. The van der Waals surface area contributed by atoms with Gasteiger partial charge in [-0.1, -0.05) is 24.3 Å². The number of thioether (sulfide) groups is 1. The van der Waals surface area contributed by atoms with Crippen LogP contribution in [0.2, 0.25) is 0 Å². The van der Waals surface area contributed by atoms with Crippen molar-refractivity contribution in [2.75, 3.05) is 13.3 Å². The van der Waals surface area contributed by atoms with E-state index >= 15 is 0 Å². The van der Waals surface area contributed by atoms with Crippen LogP contribution in [0.3, 0.4) is 0 Å². The summed E-state index contributed by atoms with van der Waals surface area (Å²) >= 11 is 1.68. The Bertz CT molecular complexity index is 655. The summed E-state index contributed by atoms with van der Waals surface area (Å²) in [7, 11) is 1.81. The highest BCUT2D eigenvalue weighted by Gasteiger charge is 2.19. The molecule has 1 atom stereocenters. The molecular formula is C19H23NO2S. The van der Waals surface area contributed by atoms with Crippen molar-refractivity contribution in [1.82, 2.24) is 4.90 Å². The lowest BCUT2D eigenvalue weighted by atomic mass is 10.1. The average molecular weight is 329 g/mol. The number of amides is 1. The van der Waals surface area contributed by atoms with Crippen molar-refractivity contribution in [3.8, 4) is 5.75 Å². The number of aryl methyl sites for hydroxylation is 1. The molecule has 0 radical (unpaired) electrons. The Morgan fingerprint density at radius 2 is 1.83 bits per heavy atom. The lowest BCUT2D eigenvalue weighted by Gasteiger charge is -2.23. The van der Waals surface area contributed by atoms with E-state index in [0.29, 0.717) is 12.3 Å². The largest absolute Gasteiger partial charge is 0.481 e. The van der Waals surface area contributed by atoms with E-state index < -0.39 is 6.10 Å². The second-order valence-corrected chi connectivity index (χ2v) is 6.44. The van der Waals surface area contributed by atoms with Crippen LogP contribution in [0.4, 0.5) is 0 Å². The third kappa shape index (κ3) is 4.76. The van der Waals surface area contributed by atoms with Crippen LogP contribution in [0, 0.1) is 6.92 Å². The zero-order chi connectivity index (χ0) is 16.8. The third-order valence-electron chi connectivity index (χ3n) is 3.77. The maximum absolute atomic E-state index is 12.5. The lowest BCUT2D eigenvalue weighted by Crippen LogP contribution is -2.37. The molecule has 0 aliphatic rings. The average Bonchev–Trinajstić information content (AvgIpc) is 2.56. The Balaban J connectivity index is 1.96. The second kappa shape index (κ2) is 8.06. The van der Waals surface area contributed by atoms with Gasteiger partial charge in [0, 0.05) is 18.5 Å². The predicted octanol–water partition coefficient (Wildman–Crippen LogP) is 4.14. The molecule has 0 saturated heterocycles. The van der Waals surface area contributed by atoms with Crippen molar-refractivity contribution in [2.24, 2.45) is 0 Å². The molecule has 1 amide bonds. The number of carbonyl (C=O) groups is 1. The highest BCUT2D eigenvalue weighted by Crippen LogP contribution is 2.20. The minimum atomic E-state index is -0.510. The van der Waals surface area contributed by atoms with Crippen LogP contribution in [-0.2, 0) is 11.3 Å². The lowest BCUT2D eigenvalue weighted by molar-refractivity contribution is -0.137. The van der Waals surface area contributed by atoms with Crippen LogP contribution in [0.25, 0.3) is 0 Å². The van der Waals surface area contributed by atoms with Gasteiger partial charge in [-0.2, -0.15) is 0 Å². The van der Waals surface area contributed by atoms with Gasteiger partial charge in [-0.05, 0) is 55.5 Å². The molecule has 122 valence electrons. The van der Waals surface area contributed by atoms with Crippen molar-refractivity contribution in [3.63, 3.8) is 0 Å². The zero-order valence-corrected chi connectivity index (χ0v) is 14.9. The number of hydrogen-bond acceptors (Lipinski definition) is 3. The summed E-state index contributed by atoms with van der Waals surface area (Å²) in [5.74, 6) is 0.690. The molecular weight excluding hydrogens is 306 g/mol. The molecule has 1 unspecified atom stereocenters. The molecule has 2 aromatic carbocycles. The fourth-order valence-corrected chi connectivity index (χ4v) is 2.75. The molecule has 0 N–H and O–H groups in total. The van der Waals surface area contributed by atoms with Gasteiger partial charge in [0.05, 0.1) is 0 Å². The SMILES string of the molecule is CSc1ccc(OC(C)C(=O)N(C)Cc2ccccc2C)cc1. The van der Waals surface area contributed by atoms with E-state index in [4.69, 9.17) is 4.74 Å². The van der Waals surface area contributed by atoms with E-state index in [-0.39, 0.29) is 5.91 Å². The second-order valence-electron chi connectivity index (χ2n) is 5.56. The number of nitrogens with zero attached hydrogens (tertiary/aromatic N) is 1. The summed E-state index contributed by atoms with van der Waals surface area (Å²) in [6, 6.07) is 15.9. The van der Waals surface area contributed by atoms with Crippen molar-refractivity contribution >= 4 is 17.7 Å². The van der Waals surface area contributed by atoms with E-state index in [2.05, 4.69) is 13.0 Å². The monoisotopic (exact) mass is 329 g/mol. The fourth-order valence-electron chi connectivity index (χ4n) is 2.34. The Morgan fingerprint density at radius 3 is 2.43 bits per heavy atom. The molecule has 0 aliphatic carbocycles. The summed E-state index contributed by atoms with van der Waals surface area (Å²) in [5, 5.41) is 0. The van der Waals surface area contributed by atoms with E-state index in [9.17, 15) is 4.79 Å². The number of ether oxygens (including phenoxy) is 1. The molecule has 0 aliphatic heterocycles. The first kappa shape index (κ1) is 17.4. The normalized spacial score (nSPS) is 11.8. The summed E-state index contributed by atoms with van der Waals surface area (Å²) in [6.45, 7) is 4.44. The van der Waals surface area contributed by atoms with E-state index in [1.54, 1.807) is 23.6 Å². The third-order valence-corrected chi connectivity index (χ3v) is 4.51. The minimum Gasteiger partial charge on any atom is -0.481 e. The molecule has 0 aromatic heterocycles. The number of hydrogen-bond donors (Lipinski definition) is 0. The van der Waals surface area contributed by atoms with Gasteiger partial charge >= 0.3 is 0 Å². The van der Waals surface area contributed by atoms with Crippen LogP contribution in [0.1, 0.15) is 18.1 Å². The quantitative estimate of drug-likeness (QED) is 0.746. The first-order valence-corrected chi connectivity index (χ1v) is 8.84. The zero-order valence-electron chi connectivity index (χ0n) is 14.1. The van der Waals surface area contributed by atoms with Gasteiger partial charge in [0.2, 0.25) is 0 Å². The van der Waals surface area contributed by atoms with Crippen molar-refractivity contribution in [1.29, 1.82) is 0 Å². The van der Waals surface area contributed by atoms with Crippen LogP contribution >= 0.6 is 11.8 Å². The summed E-state index contributed by atoms with van der Waals surface area (Å²) in [5.41, 5.74) is 2.34. The number of rotatable bonds is 6. The van der Waals surface area contributed by atoms with E-state index in [0.717, 1.165) is 5.56 Å².